The highest BCUT2D eigenvalue weighted by atomic mass is 32.1. The molecule has 2 rings (SSSR count). The molecule has 0 saturated heterocycles. The minimum Gasteiger partial charge on any atom is -0.373 e. The van der Waals surface area contributed by atoms with Crippen molar-refractivity contribution in [2.24, 2.45) is 0 Å². The number of amides is 1. The molecule has 2 aromatic heterocycles. The van der Waals surface area contributed by atoms with Gasteiger partial charge >= 0.3 is 0 Å². The predicted molar refractivity (Wildman–Crippen MR) is 85.8 cm³/mol. The van der Waals surface area contributed by atoms with E-state index in [9.17, 15) is 4.79 Å². The Labute approximate surface area is 128 Å². The van der Waals surface area contributed by atoms with Gasteiger partial charge in [-0.05, 0) is 32.4 Å². The molecule has 0 aliphatic rings. The van der Waals surface area contributed by atoms with Crippen molar-refractivity contribution in [2.75, 3.05) is 12.4 Å². The van der Waals surface area contributed by atoms with Gasteiger partial charge in [-0.3, -0.25) is 4.79 Å². The Balaban J connectivity index is 2.24. The van der Waals surface area contributed by atoms with Gasteiger partial charge in [-0.25, -0.2) is 9.97 Å². The van der Waals surface area contributed by atoms with Crippen LogP contribution < -0.4 is 10.6 Å². The standard InChI is InChI=1S/C15H20N4OS/c1-5-11-8-10(9-12(16-4)18-11)13(20)19-15(2,3)14-17-6-7-21-14/h6-9H,5H2,1-4H3,(H,16,18)(H,19,20). The van der Waals surface area contributed by atoms with Crippen LogP contribution in [0.3, 0.4) is 0 Å². The molecule has 0 fully saturated rings. The fourth-order valence-corrected chi connectivity index (χ4v) is 2.69. The fraction of sp³-hybridized carbons (Fsp3) is 0.400. The Morgan fingerprint density at radius 3 is 2.71 bits per heavy atom. The van der Waals surface area contributed by atoms with E-state index < -0.39 is 5.54 Å². The molecule has 0 saturated carbocycles. The average molecular weight is 304 g/mol. The van der Waals surface area contributed by atoms with E-state index in [1.807, 2.05) is 32.2 Å². The monoisotopic (exact) mass is 304 g/mol. The number of aromatic nitrogens is 2. The van der Waals surface area contributed by atoms with Crippen molar-refractivity contribution >= 4 is 23.1 Å². The first-order chi connectivity index (χ1) is 9.96. The van der Waals surface area contributed by atoms with Gasteiger partial charge in [-0.1, -0.05) is 6.92 Å². The lowest BCUT2D eigenvalue weighted by Gasteiger charge is -2.24. The summed E-state index contributed by atoms with van der Waals surface area (Å²) in [6.45, 7) is 5.91. The third-order valence-corrected chi connectivity index (χ3v) is 4.25. The van der Waals surface area contributed by atoms with Gasteiger partial charge in [-0.15, -0.1) is 11.3 Å². The first kappa shape index (κ1) is 15.4. The van der Waals surface area contributed by atoms with Gasteiger partial charge in [0.05, 0.1) is 5.54 Å². The zero-order chi connectivity index (χ0) is 15.5. The van der Waals surface area contributed by atoms with Gasteiger partial charge in [-0.2, -0.15) is 0 Å². The molecule has 0 unspecified atom stereocenters. The van der Waals surface area contributed by atoms with Crippen LogP contribution >= 0.6 is 11.3 Å². The van der Waals surface area contributed by atoms with Crippen molar-refractivity contribution in [3.63, 3.8) is 0 Å². The average Bonchev–Trinajstić information content (AvgIpc) is 3.01. The van der Waals surface area contributed by atoms with Crippen LogP contribution in [0.15, 0.2) is 23.7 Å². The Morgan fingerprint density at radius 2 is 2.14 bits per heavy atom. The second-order valence-electron chi connectivity index (χ2n) is 5.25. The number of hydrogen-bond acceptors (Lipinski definition) is 5. The van der Waals surface area contributed by atoms with Crippen molar-refractivity contribution in [2.45, 2.75) is 32.7 Å². The summed E-state index contributed by atoms with van der Waals surface area (Å²) in [4.78, 5) is 21.2. The molecule has 112 valence electrons. The van der Waals surface area contributed by atoms with Crippen molar-refractivity contribution in [3.8, 4) is 0 Å². The molecule has 0 bridgehead atoms. The van der Waals surface area contributed by atoms with Crippen LogP contribution in [0, 0.1) is 0 Å². The Bertz CT molecular complexity index is 600. The Kier molecular flexibility index (Phi) is 4.57. The number of anilines is 1. The minimum atomic E-state index is -0.499. The van der Waals surface area contributed by atoms with Crippen LogP contribution in [0.1, 0.15) is 41.8 Å². The zero-order valence-corrected chi connectivity index (χ0v) is 13.5. The number of carbonyl (C=O) groups excluding carboxylic acids is 1. The number of pyridine rings is 1. The lowest BCUT2D eigenvalue weighted by Crippen LogP contribution is -2.41. The highest BCUT2D eigenvalue weighted by Crippen LogP contribution is 2.23. The Morgan fingerprint density at radius 1 is 1.38 bits per heavy atom. The van der Waals surface area contributed by atoms with E-state index in [0.717, 1.165) is 17.1 Å². The summed E-state index contributed by atoms with van der Waals surface area (Å²) in [7, 11) is 1.79. The summed E-state index contributed by atoms with van der Waals surface area (Å²) in [6, 6.07) is 3.58. The number of carbonyl (C=O) groups is 1. The van der Waals surface area contributed by atoms with Crippen molar-refractivity contribution < 1.29 is 4.79 Å². The number of nitrogens with zero attached hydrogens (tertiary/aromatic N) is 2. The molecule has 0 spiro atoms. The quantitative estimate of drug-likeness (QED) is 0.891. The van der Waals surface area contributed by atoms with Gasteiger partial charge in [0.1, 0.15) is 10.8 Å². The first-order valence-electron chi connectivity index (χ1n) is 6.87. The topological polar surface area (TPSA) is 66.9 Å². The largest absolute Gasteiger partial charge is 0.373 e. The maximum Gasteiger partial charge on any atom is 0.252 e. The second-order valence-corrected chi connectivity index (χ2v) is 6.15. The van der Waals surface area contributed by atoms with E-state index in [4.69, 9.17) is 0 Å². The highest BCUT2D eigenvalue weighted by molar-refractivity contribution is 7.09. The van der Waals surface area contributed by atoms with E-state index >= 15 is 0 Å². The smallest absolute Gasteiger partial charge is 0.252 e. The summed E-state index contributed by atoms with van der Waals surface area (Å²) in [6.07, 6.45) is 2.53. The van der Waals surface area contributed by atoms with Crippen LogP contribution in [0.25, 0.3) is 0 Å². The molecule has 0 radical (unpaired) electrons. The van der Waals surface area contributed by atoms with Gasteiger partial charge in [0, 0.05) is 29.9 Å². The van der Waals surface area contributed by atoms with Crippen LogP contribution in [0.2, 0.25) is 0 Å². The number of hydrogen-bond donors (Lipinski definition) is 2. The van der Waals surface area contributed by atoms with Crippen LogP contribution in [-0.4, -0.2) is 22.9 Å². The van der Waals surface area contributed by atoms with Gasteiger partial charge in [0.15, 0.2) is 0 Å². The molecule has 21 heavy (non-hydrogen) atoms. The van der Waals surface area contributed by atoms with Gasteiger partial charge in [0.25, 0.3) is 5.91 Å². The zero-order valence-electron chi connectivity index (χ0n) is 12.7. The van der Waals surface area contributed by atoms with Crippen LogP contribution in [0.5, 0.6) is 0 Å². The molecule has 2 N–H and O–H groups in total. The predicted octanol–water partition coefficient (Wildman–Crippen LogP) is 2.81. The molecule has 2 aromatic rings. The maximum atomic E-state index is 12.5. The van der Waals surface area contributed by atoms with Crippen molar-refractivity contribution in [1.29, 1.82) is 0 Å². The molecule has 0 aromatic carbocycles. The second kappa shape index (κ2) is 6.22. The molecule has 0 atom stereocenters. The third-order valence-electron chi connectivity index (χ3n) is 3.15. The molecular formula is C15H20N4OS. The number of rotatable bonds is 5. The highest BCUT2D eigenvalue weighted by Gasteiger charge is 2.26. The first-order valence-corrected chi connectivity index (χ1v) is 7.75. The molecule has 0 aliphatic carbocycles. The normalized spacial score (nSPS) is 11.2. The maximum absolute atomic E-state index is 12.5. The Hall–Kier alpha value is -1.95. The van der Waals surface area contributed by atoms with Crippen LogP contribution in [0.4, 0.5) is 5.82 Å². The molecule has 2 heterocycles. The fourth-order valence-electron chi connectivity index (χ4n) is 1.97. The molecule has 1 amide bonds. The minimum absolute atomic E-state index is 0.121. The molecule has 6 heteroatoms. The van der Waals surface area contributed by atoms with E-state index in [1.165, 1.54) is 11.3 Å². The summed E-state index contributed by atoms with van der Waals surface area (Å²) < 4.78 is 0. The summed E-state index contributed by atoms with van der Waals surface area (Å²) in [5, 5.41) is 8.81. The summed E-state index contributed by atoms with van der Waals surface area (Å²) in [5.74, 6) is 0.579. The number of thiazole rings is 1. The van der Waals surface area contributed by atoms with Gasteiger partial charge < -0.3 is 10.6 Å². The van der Waals surface area contributed by atoms with Crippen molar-refractivity contribution in [1.82, 2.24) is 15.3 Å². The lowest BCUT2D eigenvalue weighted by molar-refractivity contribution is 0.0911. The summed E-state index contributed by atoms with van der Waals surface area (Å²) >= 11 is 1.53. The molecule has 0 aliphatic heterocycles. The summed E-state index contributed by atoms with van der Waals surface area (Å²) in [5.41, 5.74) is 0.996. The van der Waals surface area contributed by atoms with Crippen LogP contribution in [-0.2, 0) is 12.0 Å². The number of nitrogens with one attached hydrogen (secondary N) is 2. The molecule has 5 nitrogen and oxygen atoms in total. The van der Waals surface area contributed by atoms with E-state index in [2.05, 4.69) is 20.6 Å². The number of aryl methyl sites for hydroxylation is 1. The SMILES string of the molecule is CCc1cc(C(=O)NC(C)(C)c2nccs2)cc(NC)n1. The lowest BCUT2D eigenvalue weighted by atomic mass is 10.1. The van der Waals surface area contributed by atoms with E-state index in [0.29, 0.717) is 11.4 Å². The van der Waals surface area contributed by atoms with Gasteiger partial charge in [0.2, 0.25) is 0 Å². The van der Waals surface area contributed by atoms with E-state index in [1.54, 1.807) is 19.3 Å². The van der Waals surface area contributed by atoms with Crippen molar-refractivity contribution in [3.05, 3.63) is 40.0 Å². The molecular weight excluding hydrogens is 284 g/mol. The van der Waals surface area contributed by atoms with E-state index in [-0.39, 0.29) is 5.91 Å². The third kappa shape index (κ3) is 3.58.